The van der Waals surface area contributed by atoms with Gasteiger partial charge in [-0.3, -0.25) is 14.4 Å². The minimum Gasteiger partial charge on any atom is -0.449 e. The molecule has 0 unspecified atom stereocenters. The molecule has 3 heterocycles. The summed E-state index contributed by atoms with van der Waals surface area (Å²) in [5, 5.41) is 3.42. The molecule has 35 heavy (non-hydrogen) atoms. The molecule has 0 radical (unpaired) electrons. The number of aromatic nitrogens is 2. The van der Waals surface area contributed by atoms with Gasteiger partial charge in [0, 0.05) is 23.3 Å². The van der Waals surface area contributed by atoms with Gasteiger partial charge in [-0.1, -0.05) is 6.92 Å². The number of thiophene rings is 1. The zero-order chi connectivity index (χ0) is 25.3. The number of hydrogen-bond donors (Lipinski definition) is 2. The van der Waals surface area contributed by atoms with Gasteiger partial charge < -0.3 is 20.4 Å². The van der Waals surface area contributed by atoms with Crippen LogP contribution in [-0.4, -0.2) is 33.4 Å². The Hall–Kier alpha value is -3.53. The molecule has 1 aliphatic rings. The predicted octanol–water partition coefficient (Wildman–Crippen LogP) is 3.34. The van der Waals surface area contributed by atoms with Crippen LogP contribution in [0.5, 0.6) is 0 Å². The third kappa shape index (κ3) is 4.70. The Labute approximate surface area is 206 Å². The Morgan fingerprint density at radius 3 is 2.66 bits per heavy atom. The number of ether oxygens (including phenoxy) is 1. The summed E-state index contributed by atoms with van der Waals surface area (Å²) in [6.45, 7) is 5.89. The normalized spacial score (nSPS) is 13.8. The van der Waals surface area contributed by atoms with Crippen molar-refractivity contribution in [1.29, 1.82) is 0 Å². The van der Waals surface area contributed by atoms with Gasteiger partial charge in [0.25, 0.3) is 11.8 Å². The molecule has 3 aromatic rings. The SMILES string of the molecule is CC[C@H](OC(=O)c1cn(CC)c2nc(C)ccc2c1=O)C(=O)Nc1sc2c(c1C(N)=O)CCCC2. The first kappa shape index (κ1) is 24.6. The van der Waals surface area contributed by atoms with E-state index in [-0.39, 0.29) is 12.0 Å². The van der Waals surface area contributed by atoms with Crippen molar-refractivity contribution in [2.75, 3.05) is 5.32 Å². The van der Waals surface area contributed by atoms with Gasteiger partial charge in [0.05, 0.1) is 10.9 Å². The smallest absolute Gasteiger partial charge is 0.344 e. The number of nitrogens with one attached hydrogen (secondary N) is 1. The maximum Gasteiger partial charge on any atom is 0.344 e. The molecular weight excluding hydrogens is 468 g/mol. The number of fused-ring (bicyclic) bond motifs is 2. The highest BCUT2D eigenvalue weighted by molar-refractivity contribution is 7.17. The molecule has 0 bridgehead atoms. The molecule has 1 aliphatic carbocycles. The molecule has 4 rings (SSSR count). The molecule has 0 saturated heterocycles. The fraction of sp³-hybridized carbons (Fsp3) is 0.400. The zero-order valence-corrected chi connectivity index (χ0v) is 20.8. The lowest BCUT2D eigenvalue weighted by molar-refractivity contribution is -0.124. The van der Waals surface area contributed by atoms with Gasteiger partial charge in [0.15, 0.2) is 6.10 Å². The summed E-state index contributed by atoms with van der Waals surface area (Å²) in [6.07, 6.45) is 4.01. The van der Waals surface area contributed by atoms with Crippen LogP contribution < -0.4 is 16.5 Å². The van der Waals surface area contributed by atoms with Crippen molar-refractivity contribution in [2.24, 2.45) is 5.73 Å². The van der Waals surface area contributed by atoms with E-state index in [4.69, 9.17) is 10.5 Å². The van der Waals surface area contributed by atoms with Crippen molar-refractivity contribution < 1.29 is 19.1 Å². The van der Waals surface area contributed by atoms with E-state index in [0.717, 1.165) is 41.8 Å². The topological polar surface area (TPSA) is 133 Å². The van der Waals surface area contributed by atoms with E-state index < -0.39 is 29.3 Å². The minimum absolute atomic E-state index is 0.166. The fourth-order valence-corrected chi connectivity index (χ4v) is 5.67. The lowest BCUT2D eigenvalue weighted by atomic mass is 9.95. The molecule has 9 nitrogen and oxygen atoms in total. The third-order valence-corrected chi connectivity index (χ3v) is 7.40. The molecule has 0 spiro atoms. The number of anilines is 1. The van der Waals surface area contributed by atoms with Crippen molar-refractivity contribution in [2.45, 2.75) is 65.5 Å². The Kier molecular flexibility index (Phi) is 7.02. The summed E-state index contributed by atoms with van der Waals surface area (Å²) < 4.78 is 7.18. The second-order valence-electron chi connectivity index (χ2n) is 8.55. The van der Waals surface area contributed by atoms with E-state index in [2.05, 4.69) is 10.3 Å². The van der Waals surface area contributed by atoms with Gasteiger partial charge in [-0.25, -0.2) is 9.78 Å². The number of nitrogens with zero attached hydrogens (tertiary/aromatic N) is 2. The highest BCUT2D eigenvalue weighted by Crippen LogP contribution is 2.38. The van der Waals surface area contributed by atoms with Crippen molar-refractivity contribution in [3.63, 3.8) is 0 Å². The Morgan fingerprint density at radius 2 is 1.97 bits per heavy atom. The maximum atomic E-state index is 13.0. The second kappa shape index (κ2) is 9.99. The first-order valence-corrected chi connectivity index (χ1v) is 12.5. The van der Waals surface area contributed by atoms with Gasteiger partial charge in [-0.05, 0) is 63.6 Å². The van der Waals surface area contributed by atoms with Gasteiger partial charge in [-0.2, -0.15) is 0 Å². The summed E-state index contributed by atoms with van der Waals surface area (Å²) >= 11 is 1.34. The van der Waals surface area contributed by atoms with E-state index in [0.29, 0.717) is 28.1 Å². The highest BCUT2D eigenvalue weighted by atomic mass is 32.1. The molecule has 2 amide bonds. The van der Waals surface area contributed by atoms with Crippen LogP contribution >= 0.6 is 11.3 Å². The summed E-state index contributed by atoms with van der Waals surface area (Å²) in [6, 6.07) is 3.34. The number of aryl methyl sites for hydroxylation is 3. The maximum absolute atomic E-state index is 13.0. The zero-order valence-electron chi connectivity index (χ0n) is 20.0. The summed E-state index contributed by atoms with van der Waals surface area (Å²) in [4.78, 5) is 56.6. The molecule has 0 saturated carbocycles. The number of hydrogen-bond acceptors (Lipinski definition) is 7. The summed E-state index contributed by atoms with van der Waals surface area (Å²) in [7, 11) is 0. The average Bonchev–Trinajstić information content (AvgIpc) is 3.20. The number of rotatable bonds is 7. The first-order valence-electron chi connectivity index (χ1n) is 11.7. The number of carbonyl (C=O) groups is 3. The third-order valence-electron chi connectivity index (χ3n) is 6.19. The summed E-state index contributed by atoms with van der Waals surface area (Å²) in [5.41, 5.74) is 7.42. The van der Waals surface area contributed by atoms with Crippen LogP contribution in [-0.2, 0) is 28.9 Å². The van der Waals surface area contributed by atoms with Crippen molar-refractivity contribution in [3.05, 3.63) is 55.8 Å². The number of amides is 2. The Balaban J connectivity index is 1.60. The van der Waals surface area contributed by atoms with E-state index in [9.17, 15) is 19.2 Å². The monoisotopic (exact) mass is 496 g/mol. The van der Waals surface area contributed by atoms with Gasteiger partial charge in [-0.15, -0.1) is 11.3 Å². The van der Waals surface area contributed by atoms with Gasteiger partial charge >= 0.3 is 5.97 Å². The van der Waals surface area contributed by atoms with Crippen molar-refractivity contribution in [3.8, 4) is 0 Å². The van der Waals surface area contributed by atoms with Gasteiger partial charge in [0.2, 0.25) is 5.43 Å². The number of carbonyl (C=O) groups excluding carboxylic acids is 3. The lowest BCUT2D eigenvalue weighted by Crippen LogP contribution is -2.34. The average molecular weight is 497 g/mol. The standard InChI is InChI=1S/C25H28N4O5S/c1-4-17(23(32)28-24-19(21(26)31)14-8-6-7-9-18(14)35-24)34-25(33)16-12-29(5-2)22-15(20(16)30)11-10-13(3)27-22/h10-12,17H,4-9H2,1-3H3,(H2,26,31)(H,28,32)/t17-/m0/s1. The van der Waals surface area contributed by atoms with E-state index >= 15 is 0 Å². The molecule has 10 heteroatoms. The van der Waals surface area contributed by atoms with E-state index in [1.165, 1.54) is 17.5 Å². The second-order valence-corrected chi connectivity index (χ2v) is 9.66. The first-order chi connectivity index (χ1) is 16.7. The number of primary amides is 1. The number of esters is 1. The van der Waals surface area contributed by atoms with Crippen LogP contribution in [0.2, 0.25) is 0 Å². The molecule has 0 aliphatic heterocycles. The van der Waals surface area contributed by atoms with Crippen LogP contribution in [0, 0.1) is 6.92 Å². The van der Waals surface area contributed by atoms with E-state index in [1.807, 2.05) is 13.8 Å². The molecule has 184 valence electrons. The minimum atomic E-state index is -1.15. The largest absolute Gasteiger partial charge is 0.449 e. The van der Waals surface area contributed by atoms with Crippen LogP contribution in [0.15, 0.2) is 23.1 Å². The number of nitrogens with two attached hydrogens (primary N) is 1. The molecule has 0 aromatic carbocycles. The van der Waals surface area contributed by atoms with Crippen molar-refractivity contribution >= 4 is 45.2 Å². The number of pyridine rings is 2. The summed E-state index contributed by atoms with van der Waals surface area (Å²) in [5.74, 6) is -2.05. The van der Waals surface area contributed by atoms with E-state index in [1.54, 1.807) is 23.6 Å². The molecule has 3 aromatic heterocycles. The van der Waals surface area contributed by atoms with Crippen LogP contribution in [0.1, 0.15) is 70.0 Å². The predicted molar refractivity (Wildman–Crippen MR) is 134 cm³/mol. The Bertz CT molecular complexity index is 1390. The fourth-order valence-electron chi connectivity index (χ4n) is 4.37. The van der Waals surface area contributed by atoms with Crippen LogP contribution in [0.25, 0.3) is 11.0 Å². The molecule has 0 fully saturated rings. The van der Waals surface area contributed by atoms with Crippen molar-refractivity contribution in [1.82, 2.24) is 9.55 Å². The molecule has 3 N–H and O–H groups in total. The Morgan fingerprint density at radius 1 is 1.23 bits per heavy atom. The van der Waals surface area contributed by atoms with Gasteiger partial charge in [0.1, 0.15) is 16.2 Å². The lowest BCUT2D eigenvalue weighted by Gasteiger charge is -2.17. The molecular formula is C25H28N4O5S. The molecule has 1 atom stereocenters. The van der Waals surface area contributed by atoms with Crippen LogP contribution in [0.4, 0.5) is 5.00 Å². The van der Waals surface area contributed by atoms with Crippen LogP contribution in [0.3, 0.4) is 0 Å². The highest BCUT2D eigenvalue weighted by Gasteiger charge is 2.29. The quantitative estimate of drug-likeness (QED) is 0.482.